The molecule has 0 aliphatic heterocycles. The molecule has 0 aromatic heterocycles. The number of hydrogen-bond acceptors (Lipinski definition) is 3. The molecule has 1 aromatic carbocycles. The summed E-state index contributed by atoms with van der Waals surface area (Å²) in [6.45, 7) is 6.36. The van der Waals surface area contributed by atoms with E-state index < -0.39 is 6.04 Å². The van der Waals surface area contributed by atoms with E-state index in [0.717, 1.165) is 11.3 Å². The maximum atomic E-state index is 11.9. The predicted molar refractivity (Wildman–Crippen MR) is 72.3 cm³/mol. The molecule has 4 heteroatoms. The maximum Gasteiger partial charge on any atom is 0.239 e. The molecule has 0 saturated heterocycles. The molecule has 0 spiro atoms. The number of carbonyl (C=O) groups is 1. The summed E-state index contributed by atoms with van der Waals surface area (Å²) in [5.74, 6) is 0.721. The second kappa shape index (κ2) is 6.81. The summed E-state index contributed by atoms with van der Waals surface area (Å²) in [4.78, 5) is 13.6. The van der Waals surface area contributed by atoms with E-state index in [9.17, 15) is 4.79 Å². The first-order chi connectivity index (χ1) is 8.58. The van der Waals surface area contributed by atoms with Crippen molar-refractivity contribution >= 4 is 5.91 Å². The molecule has 0 saturated carbocycles. The molecule has 4 nitrogen and oxygen atoms in total. The Kier molecular flexibility index (Phi) is 5.39. The first-order valence-corrected chi connectivity index (χ1v) is 5.86. The second-order valence-corrected chi connectivity index (χ2v) is 4.14. The van der Waals surface area contributed by atoms with Gasteiger partial charge in [0.2, 0.25) is 5.91 Å². The number of nitrogens with zero attached hydrogens (tertiary/aromatic N) is 1. The van der Waals surface area contributed by atoms with Crippen molar-refractivity contribution in [2.75, 3.05) is 13.7 Å². The van der Waals surface area contributed by atoms with Crippen LogP contribution < -0.4 is 10.5 Å². The van der Waals surface area contributed by atoms with Crippen LogP contribution in [-0.4, -0.2) is 30.5 Å². The molecule has 0 aliphatic rings. The van der Waals surface area contributed by atoms with Gasteiger partial charge in [-0.3, -0.25) is 4.79 Å². The van der Waals surface area contributed by atoms with Crippen molar-refractivity contribution in [2.45, 2.75) is 19.5 Å². The molecule has 98 valence electrons. The Morgan fingerprint density at radius 3 is 2.56 bits per heavy atom. The average Bonchev–Trinajstić information content (AvgIpc) is 2.38. The van der Waals surface area contributed by atoms with E-state index >= 15 is 0 Å². The highest BCUT2D eigenvalue weighted by molar-refractivity contribution is 5.81. The summed E-state index contributed by atoms with van der Waals surface area (Å²) in [6.07, 6.45) is 1.70. The molecular weight excluding hydrogens is 228 g/mol. The van der Waals surface area contributed by atoms with Gasteiger partial charge in [-0.05, 0) is 24.6 Å². The fourth-order valence-electron chi connectivity index (χ4n) is 1.63. The summed E-state index contributed by atoms with van der Waals surface area (Å²) in [5.41, 5.74) is 6.65. The number of carbonyl (C=O) groups excluding carboxylic acids is 1. The van der Waals surface area contributed by atoms with Crippen LogP contribution in [0.1, 0.15) is 12.5 Å². The van der Waals surface area contributed by atoms with Crippen LogP contribution in [0.25, 0.3) is 0 Å². The highest BCUT2D eigenvalue weighted by atomic mass is 16.5. The third-order valence-electron chi connectivity index (χ3n) is 2.58. The van der Waals surface area contributed by atoms with Crippen molar-refractivity contribution < 1.29 is 9.53 Å². The Bertz CT molecular complexity index is 399. The Morgan fingerprint density at radius 1 is 1.50 bits per heavy atom. The summed E-state index contributed by atoms with van der Waals surface area (Å²) < 4.78 is 5.09. The number of ether oxygens (including phenoxy) is 1. The third-order valence-corrected chi connectivity index (χ3v) is 2.58. The fraction of sp³-hybridized carbons (Fsp3) is 0.357. The van der Waals surface area contributed by atoms with E-state index in [0.29, 0.717) is 13.1 Å². The maximum absolute atomic E-state index is 11.9. The van der Waals surface area contributed by atoms with Gasteiger partial charge >= 0.3 is 0 Å². The predicted octanol–water partition coefficient (Wildman–Crippen LogP) is 1.56. The van der Waals surface area contributed by atoms with Crippen molar-refractivity contribution in [3.63, 3.8) is 0 Å². The quantitative estimate of drug-likeness (QED) is 0.777. The molecule has 0 aliphatic carbocycles. The Hall–Kier alpha value is -1.81. The van der Waals surface area contributed by atoms with Crippen LogP contribution in [0.2, 0.25) is 0 Å². The monoisotopic (exact) mass is 248 g/mol. The zero-order valence-electron chi connectivity index (χ0n) is 10.9. The van der Waals surface area contributed by atoms with Crippen molar-refractivity contribution in [3.8, 4) is 5.75 Å². The average molecular weight is 248 g/mol. The zero-order valence-corrected chi connectivity index (χ0v) is 10.9. The van der Waals surface area contributed by atoms with Gasteiger partial charge in [0.25, 0.3) is 0 Å². The largest absolute Gasteiger partial charge is 0.497 e. The van der Waals surface area contributed by atoms with Gasteiger partial charge < -0.3 is 15.4 Å². The van der Waals surface area contributed by atoms with E-state index in [1.807, 2.05) is 24.3 Å². The molecule has 2 N–H and O–H groups in total. The molecule has 1 aromatic rings. The normalized spacial score (nSPS) is 11.7. The molecule has 18 heavy (non-hydrogen) atoms. The minimum atomic E-state index is -0.497. The first kappa shape index (κ1) is 14.3. The lowest BCUT2D eigenvalue weighted by Crippen LogP contribution is -2.41. The molecule has 0 bridgehead atoms. The summed E-state index contributed by atoms with van der Waals surface area (Å²) >= 11 is 0. The molecule has 1 amide bonds. The van der Waals surface area contributed by atoms with Crippen LogP contribution in [0.4, 0.5) is 0 Å². The van der Waals surface area contributed by atoms with Gasteiger partial charge in [0, 0.05) is 13.1 Å². The first-order valence-electron chi connectivity index (χ1n) is 5.86. The highest BCUT2D eigenvalue weighted by Gasteiger charge is 2.16. The lowest BCUT2D eigenvalue weighted by Gasteiger charge is -2.23. The molecule has 1 atom stereocenters. The molecular formula is C14H20N2O2. The number of rotatable bonds is 6. The molecule has 0 heterocycles. The van der Waals surface area contributed by atoms with Crippen LogP contribution in [0.5, 0.6) is 5.75 Å². The van der Waals surface area contributed by atoms with Crippen LogP contribution >= 0.6 is 0 Å². The topological polar surface area (TPSA) is 55.6 Å². The van der Waals surface area contributed by atoms with Crippen molar-refractivity contribution in [3.05, 3.63) is 42.5 Å². The Balaban J connectivity index is 2.75. The fourth-order valence-corrected chi connectivity index (χ4v) is 1.63. The lowest BCUT2D eigenvalue weighted by molar-refractivity contribution is -0.132. The van der Waals surface area contributed by atoms with Gasteiger partial charge in [0.05, 0.1) is 13.2 Å². The summed E-state index contributed by atoms with van der Waals surface area (Å²) in [7, 11) is 1.62. The van der Waals surface area contributed by atoms with Crippen molar-refractivity contribution in [1.82, 2.24) is 4.90 Å². The van der Waals surface area contributed by atoms with E-state index in [4.69, 9.17) is 10.5 Å². The van der Waals surface area contributed by atoms with E-state index in [1.165, 1.54) is 0 Å². The minimum Gasteiger partial charge on any atom is -0.497 e. The molecule has 1 rings (SSSR count). The third kappa shape index (κ3) is 3.89. The molecule has 0 radical (unpaired) electrons. The van der Waals surface area contributed by atoms with E-state index in [1.54, 1.807) is 25.0 Å². The van der Waals surface area contributed by atoms with Gasteiger partial charge in [0.15, 0.2) is 0 Å². The highest BCUT2D eigenvalue weighted by Crippen LogP contribution is 2.13. The SMILES string of the molecule is C=CCN(Cc1ccc(OC)cc1)C(=O)C(C)N. The Labute approximate surface area is 108 Å². The number of hydrogen-bond donors (Lipinski definition) is 1. The summed E-state index contributed by atoms with van der Waals surface area (Å²) in [6, 6.07) is 7.12. The number of amides is 1. The van der Waals surface area contributed by atoms with E-state index in [-0.39, 0.29) is 5.91 Å². The van der Waals surface area contributed by atoms with Gasteiger partial charge in [-0.15, -0.1) is 6.58 Å². The van der Waals surface area contributed by atoms with Crippen molar-refractivity contribution in [1.29, 1.82) is 0 Å². The van der Waals surface area contributed by atoms with Gasteiger partial charge in [0.1, 0.15) is 5.75 Å². The zero-order chi connectivity index (χ0) is 13.5. The standard InChI is InChI=1S/C14H20N2O2/c1-4-9-16(14(17)11(2)15)10-12-5-7-13(18-3)8-6-12/h4-8,11H,1,9-10,15H2,2-3H3. The van der Waals surface area contributed by atoms with Crippen LogP contribution in [0, 0.1) is 0 Å². The minimum absolute atomic E-state index is 0.0780. The van der Waals surface area contributed by atoms with Gasteiger partial charge in [-0.1, -0.05) is 18.2 Å². The van der Waals surface area contributed by atoms with Crippen LogP contribution in [0.3, 0.4) is 0 Å². The van der Waals surface area contributed by atoms with Crippen LogP contribution in [0.15, 0.2) is 36.9 Å². The number of benzene rings is 1. The van der Waals surface area contributed by atoms with Gasteiger partial charge in [-0.25, -0.2) is 0 Å². The Morgan fingerprint density at radius 2 is 2.11 bits per heavy atom. The molecule has 0 fully saturated rings. The van der Waals surface area contributed by atoms with Gasteiger partial charge in [-0.2, -0.15) is 0 Å². The number of methoxy groups -OCH3 is 1. The van der Waals surface area contributed by atoms with Crippen LogP contribution in [-0.2, 0) is 11.3 Å². The summed E-state index contributed by atoms with van der Waals surface area (Å²) in [5, 5.41) is 0. The van der Waals surface area contributed by atoms with Crippen molar-refractivity contribution in [2.24, 2.45) is 5.73 Å². The smallest absolute Gasteiger partial charge is 0.239 e. The number of nitrogens with two attached hydrogens (primary N) is 1. The lowest BCUT2D eigenvalue weighted by atomic mass is 10.2. The second-order valence-electron chi connectivity index (χ2n) is 4.14. The van der Waals surface area contributed by atoms with E-state index in [2.05, 4.69) is 6.58 Å². The molecule has 1 unspecified atom stereocenters.